The van der Waals surface area contributed by atoms with Crippen molar-refractivity contribution in [1.29, 1.82) is 0 Å². The Kier molecular flexibility index (Phi) is 4.15. The molecule has 1 heterocycles. The van der Waals surface area contributed by atoms with Crippen LogP contribution in [0.1, 0.15) is 38.5 Å². The van der Waals surface area contributed by atoms with Gasteiger partial charge >= 0.3 is 0 Å². The summed E-state index contributed by atoms with van der Waals surface area (Å²) in [5.74, 6) is 0.0677. The molecule has 0 unspecified atom stereocenters. The number of carbonyl (C=O) groups excluding carboxylic acids is 1. The van der Waals surface area contributed by atoms with E-state index in [4.69, 9.17) is 5.73 Å². The maximum atomic E-state index is 12.3. The largest absolute Gasteiger partial charge is 0.371 e. The van der Waals surface area contributed by atoms with Gasteiger partial charge < -0.3 is 16.0 Å². The number of benzene rings is 1. The van der Waals surface area contributed by atoms with Crippen LogP contribution in [0, 0.1) is 0 Å². The maximum Gasteiger partial charge on any atom is 0.240 e. The van der Waals surface area contributed by atoms with Gasteiger partial charge in [-0.25, -0.2) is 0 Å². The minimum Gasteiger partial charge on any atom is -0.371 e. The molecule has 3 N–H and O–H groups in total. The first-order chi connectivity index (χ1) is 10.2. The van der Waals surface area contributed by atoms with Gasteiger partial charge in [-0.1, -0.05) is 31.0 Å². The predicted octanol–water partition coefficient (Wildman–Crippen LogP) is 2.04. The number of hydrogen-bond donors (Lipinski definition) is 2. The summed E-state index contributed by atoms with van der Waals surface area (Å²) in [6, 6.07) is 10.7. The number of hydrogen-bond acceptors (Lipinski definition) is 3. The lowest BCUT2D eigenvalue weighted by atomic mass is 9.96. The second-order valence-electron chi connectivity index (χ2n) is 6.43. The molecule has 0 aromatic heterocycles. The Labute approximate surface area is 126 Å². The van der Waals surface area contributed by atoms with Crippen LogP contribution in [0.5, 0.6) is 0 Å². The average Bonchev–Trinajstić information content (AvgIpc) is 2.97. The highest BCUT2D eigenvalue weighted by Crippen LogP contribution is 2.28. The lowest BCUT2D eigenvalue weighted by molar-refractivity contribution is -0.127. The van der Waals surface area contributed by atoms with Crippen LogP contribution in [0.25, 0.3) is 0 Å². The summed E-state index contributed by atoms with van der Waals surface area (Å²) in [6.45, 7) is 1.99. The molecule has 2 fully saturated rings. The van der Waals surface area contributed by atoms with Crippen LogP contribution in [0.4, 0.5) is 5.69 Å². The van der Waals surface area contributed by atoms with Crippen molar-refractivity contribution in [2.45, 2.75) is 50.1 Å². The first-order valence-corrected chi connectivity index (χ1v) is 8.07. The molecule has 4 heteroatoms. The number of amides is 1. The topological polar surface area (TPSA) is 58.4 Å². The summed E-state index contributed by atoms with van der Waals surface area (Å²) in [6.07, 6.45) is 5.82. The van der Waals surface area contributed by atoms with E-state index in [1.54, 1.807) is 0 Å². The molecule has 3 rings (SSSR count). The second-order valence-corrected chi connectivity index (χ2v) is 6.43. The third-order valence-electron chi connectivity index (χ3n) is 4.90. The van der Waals surface area contributed by atoms with E-state index in [9.17, 15) is 4.79 Å². The maximum absolute atomic E-state index is 12.3. The summed E-state index contributed by atoms with van der Waals surface area (Å²) in [7, 11) is 0. The fourth-order valence-electron chi connectivity index (χ4n) is 3.48. The zero-order valence-electron chi connectivity index (χ0n) is 12.6. The van der Waals surface area contributed by atoms with Gasteiger partial charge in [0.05, 0.1) is 5.54 Å². The van der Waals surface area contributed by atoms with Gasteiger partial charge in [-0.15, -0.1) is 0 Å². The van der Waals surface area contributed by atoms with Crippen molar-refractivity contribution in [2.24, 2.45) is 5.73 Å². The molecular weight excluding hydrogens is 262 g/mol. The van der Waals surface area contributed by atoms with E-state index in [2.05, 4.69) is 34.5 Å². The van der Waals surface area contributed by atoms with Gasteiger partial charge in [0.1, 0.15) is 0 Å². The number of anilines is 1. The summed E-state index contributed by atoms with van der Waals surface area (Å²) >= 11 is 0. The first-order valence-electron chi connectivity index (χ1n) is 8.07. The van der Waals surface area contributed by atoms with Crippen LogP contribution in [-0.2, 0) is 4.79 Å². The molecule has 1 aliphatic carbocycles. The number of rotatable bonds is 3. The third-order valence-corrected chi connectivity index (χ3v) is 4.90. The number of nitrogens with zero attached hydrogens (tertiary/aromatic N) is 1. The highest BCUT2D eigenvalue weighted by Gasteiger charge is 2.38. The van der Waals surface area contributed by atoms with Gasteiger partial charge in [-0.2, -0.15) is 0 Å². The van der Waals surface area contributed by atoms with E-state index in [1.807, 2.05) is 6.07 Å². The average molecular weight is 287 g/mol. The fourth-order valence-corrected chi connectivity index (χ4v) is 3.48. The molecule has 4 nitrogen and oxygen atoms in total. The molecule has 1 aliphatic heterocycles. The molecule has 1 saturated carbocycles. The molecule has 1 amide bonds. The number of para-hydroxylation sites is 1. The van der Waals surface area contributed by atoms with Crippen LogP contribution in [0.15, 0.2) is 30.3 Å². The standard InChI is InChI=1S/C17H25N3O/c18-17(10-4-5-11-17)16(21)19-14-8-12-20(13-9-14)15-6-2-1-3-7-15/h1-3,6-7,14H,4-5,8-13,18H2,(H,19,21). The molecule has 114 valence electrons. The van der Waals surface area contributed by atoms with Gasteiger partial charge in [0.15, 0.2) is 0 Å². The third kappa shape index (κ3) is 3.21. The Balaban J connectivity index is 1.51. The van der Waals surface area contributed by atoms with Gasteiger partial charge in [0, 0.05) is 24.8 Å². The summed E-state index contributed by atoms with van der Waals surface area (Å²) < 4.78 is 0. The lowest BCUT2D eigenvalue weighted by Crippen LogP contribution is -2.56. The fraction of sp³-hybridized carbons (Fsp3) is 0.588. The predicted molar refractivity (Wildman–Crippen MR) is 85.2 cm³/mol. The highest BCUT2D eigenvalue weighted by molar-refractivity contribution is 5.86. The van der Waals surface area contributed by atoms with Crippen molar-refractivity contribution in [2.75, 3.05) is 18.0 Å². The van der Waals surface area contributed by atoms with E-state index >= 15 is 0 Å². The van der Waals surface area contributed by atoms with Crippen LogP contribution in [-0.4, -0.2) is 30.6 Å². The van der Waals surface area contributed by atoms with Gasteiger partial charge in [-0.3, -0.25) is 4.79 Å². The Morgan fingerprint density at radius 2 is 1.76 bits per heavy atom. The normalized spacial score (nSPS) is 22.2. The molecule has 1 aromatic carbocycles. The first kappa shape index (κ1) is 14.4. The van der Waals surface area contributed by atoms with Gasteiger partial charge in [0.2, 0.25) is 5.91 Å². The highest BCUT2D eigenvalue weighted by atomic mass is 16.2. The van der Waals surface area contributed by atoms with Crippen molar-refractivity contribution < 1.29 is 4.79 Å². The molecule has 0 bridgehead atoms. The van der Waals surface area contributed by atoms with Crippen LogP contribution in [0.2, 0.25) is 0 Å². The van der Waals surface area contributed by atoms with Crippen molar-refractivity contribution in [3.8, 4) is 0 Å². The molecule has 0 spiro atoms. The summed E-state index contributed by atoms with van der Waals surface area (Å²) in [5.41, 5.74) is 6.89. The summed E-state index contributed by atoms with van der Waals surface area (Å²) in [4.78, 5) is 14.7. The Morgan fingerprint density at radius 1 is 1.14 bits per heavy atom. The zero-order valence-corrected chi connectivity index (χ0v) is 12.6. The van der Waals surface area contributed by atoms with Crippen molar-refractivity contribution in [1.82, 2.24) is 5.32 Å². The zero-order chi connectivity index (χ0) is 14.7. The Morgan fingerprint density at radius 3 is 2.38 bits per heavy atom. The monoisotopic (exact) mass is 287 g/mol. The smallest absolute Gasteiger partial charge is 0.240 e. The number of piperidine rings is 1. The van der Waals surface area contributed by atoms with E-state index in [0.717, 1.165) is 51.6 Å². The number of carbonyl (C=O) groups is 1. The minimum absolute atomic E-state index is 0.0677. The van der Waals surface area contributed by atoms with Crippen molar-refractivity contribution in [3.63, 3.8) is 0 Å². The SMILES string of the molecule is NC1(C(=O)NC2CCN(c3ccccc3)CC2)CCCC1. The molecule has 21 heavy (non-hydrogen) atoms. The van der Waals surface area contributed by atoms with Crippen LogP contribution < -0.4 is 16.0 Å². The van der Waals surface area contributed by atoms with E-state index in [0.29, 0.717) is 0 Å². The molecular formula is C17H25N3O. The van der Waals surface area contributed by atoms with Gasteiger partial charge in [0.25, 0.3) is 0 Å². The van der Waals surface area contributed by atoms with Crippen molar-refractivity contribution in [3.05, 3.63) is 30.3 Å². The van der Waals surface area contributed by atoms with Gasteiger partial charge in [-0.05, 0) is 37.8 Å². The van der Waals surface area contributed by atoms with E-state index < -0.39 is 5.54 Å². The van der Waals surface area contributed by atoms with Crippen LogP contribution in [0.3, 0.4) is 0 Å². The summed E-state index contributed by atoms with van der Waals surface area (Å²) in [5, 5.41) is 3.18. The number of nitrogens with one attached hydrogen (secondary N) is 1. The molecule has 0 atom stereocenters. The molecule has 2 aliphatic rings. The Hall–Kier alpha value is -1.55. The second kappa shape index (κ2) is 6.06. The molecule has 1 aromatic rings. The van der Waals surface area contributed by atoms with Crippen LogP contribution >= 0.6 is 0 Å². The number of nitrogens with two attached hydrogens (primary N) is 1. The Bertz CT molecular complexity index is 474. The lowest BCUT2D eigenvalue weighted by Gasteiger charge is -2.35. The van der Waals surface area contributed by atoms with E-state index in [1.165, 1.54) is 5.69 Å². The quantitative estimate of drug-likeness (QED) is 0.894. The minimum atomic E-state index is -0.601. The molecule has 1 saturated heterocycles. The van der Waals surface area contributed by atoms with Crippen molar-refractivity contribution >= 4 is 11.6 Å². The van der Waals surface area contributed by atoms with E-state index in [-0.39, 0.29) is 11.9 Å². The molecule has 0 radical (unpaired) electrons.